The second-order valence-electron chi connectivity index (χ2n) is 5.93. The van der Waals surface area contributed by atoms with E-state index in [2.05, 4.69) is 4.72 Å². The summed E-state index contributed by atoms with van der Waals surface area (Å²) in [4.78, 5) is 11.3. The van der Waals surface area contributed by atoms with Crippen LogP contribution >= 0.6 is 0 Å². The minimum atomic E-state index is -3.71. The van der Waals surface area contributed by atoms with E-state index in [1.165, 1.54) is 0 Å². The molecule has 0 saturated heterocycles. The van der Waals surface area contributed by atoms with E-state index in [0.717, 1.165) is 18.4 Å². The Morgan fingerprint density at radius 2 is 1.90 bits per heavy atom. The predicted octanol–water partition coefficient (Wildman–Crippen LogP) is 2.37. The molecule has 1 aliphatic rings. The number of hydrogen-bond acceptors (Lipinski definition) is 3. The van der Waals surface area contributed by atoms with Crippen molar-refractivity contribution in [2.75, 3.05) is 0 Å². The van der Waals surface area contributed by atoms with Crippen molar-refractivity contribution in [2.24, 2.45) is 0 Å². The van der Waals surface area contributed by atoms with Crippen molar-refractivity contribution in [2.45, 2.75) is 56.4 Å². The molecule has 0 unspecified atom stereocenters. The Labute approximate surface area is 125 Å². The highest BCUT2D eigenvalue weighted by molar-refractivity contribution is 7.89. The molecule has 1 saturated carbocycles. The third-order valence-corrected chi connectivity index (χ3v) is 5.75. The molecule has 0 radical (unpaired) electrons. The summed E-state index contributed by atoms with van der Waals surface area (Å²) >= 11 is 0. The standard InChI is InChI=1S/C15H21NO4S/c1-11-5-6-12(2)13(9-11)21(19,20)16-15(10-14(17)18)7-3-4-8-15/h5-6,9,16H,3-4,7-8,10H2,1-2H3,(H,17,18). The summed E-state index contributed by atoms with van der Waals surface area (Å²) < 4.78 is 28.0. The lowest BCUT2D eigenvalue weighted by molar-refractivity contribution is -0.138. The quantitative estimate of drug-likeness (QED) is 0.874. The number of nitrogens with one attached hydrogen (secondary N) is 1. The van der Waals surface area contributed by atoms with Gasteiger partial charge in [-0.05, 0) is 43.9 Å². The third-order valence-electron chi connectivity index (χ3n) is 4.03. The van der Waals surface area contributed by atoms with Gasteiger partial charge in [-0.1, -0.05) is 25.0 Å². The van der Waals surface area contributed by atoms with Gasteiger partial charge in [0, 0.05) is 5.54 Å². The molecule has 1 aliphatic carbocycles. The lowest BCUT2D eigenvalue weighted by Crippen LogP contribution is -2.47. The molecule has 0 bridgehead atoms. The fraction of sp³-hybridized carbons (Fsp3) is 0.533. The van der Waals surface area contributed by atoms with Crippen LogP contribution in [0.5, 0.6) is 0 Å². The highest BCUT2D eigenvalue weighted by Crippen LogP contribution is 2.34. The largest absolute Gasteiger partial charge is 0.481 e. The summed E-state index contributed by atoms with van der Waals surface area (Å²) in [6.07, 6.45) is 2.68. The monoisotopic (exact) mass is 311 g/mol. The summed E-state index contributed by atoms with van der Waals surface area (Å²) in [5.74, 6) is -0.972. The predicted molar refractivity (Wildman–Crippen MR) is 79.7 cm³/mol. The van der Waals surface area contributed by atoms with Crippen LogP contribution < -0.4 is 4.72 Å². The third kappa shape index (κ3) is 3.63. The van der Waals surface area contributed by atoms with Gasteiger partial charge in [0.1, 0.15) is 0 Å². The number of rotatable bonds is 5. The number of sulfonamides is 1. The first-order valence-corrected chi connectivity index (χ1v) is 8.55. The van der Waals surface area contributed by atoms with Crippen molar-refractivity contribution in [3.05, 3.63) is 29.3 Å². The fourth-order valence-electron chi connectivity index (χ4n) is 2.99. The van der Waals surface area contributed by atoms with E-state index in [9.17, 15) is 13.2 Å². The van der Waals surface area contributed by atoms with E-state index < -0.39 is 21.5 Å². The number of carbonyl (C=O) groups is 1. The molecule has 2 rings (SSSR count). The minimum absolute atomic E-state index is 0.170. The van der Waals surface area contributed by atoms with Crippen molar-refractivity contribution in [3.8, 4) is 0 Å². The smallest absolute Gasteiger partial charge is 0.305 e. The van der Waals surface area contributed by atoms with E-state index in [4.69, 9.17) is 5.11 Å². The Balaban J connectivity index is 2.35. The Morgan fingerprint density at radius 1 is 1.29 bits per heavy atom. The zero-order chi connectivity index (χ0) is 15.7. The number of aryl methyl sites for hydroxylation is 2. The van der Waals surface area contributed by atoms with Crippen LogP contribution in [0.3, 0.4) is 0 Å². The molecule has 0 amide bonds. The normalized spacial score (nSPS) is 17.8. The van der Waals surface area contributed by atoms with Gasteiger partial charge in [0.25, 0.3) is 0 Å². The van der Waals surface area contributed by atoms with Crippen LogP contribution in [-0.4, -0.2) is 25.0 Å². The summed E-state index contributed by atoms with van der Waals surface area (Å²) in [6.45, 7) is 3.58. The molecule has 5 nitrogen and oxygen atoms in total. The maximum absolute atomic E-state index is 12.6. The van der Waals surface area contributed by atoms with Crippen LogP contribution in [0.25, 0.3) is 0 Å². The second kappa shape index (κ2) is 5.77. The molecule has 1 aromatic rings. The Morgan fingerprint density at radius 3 is 2.48 bits per heavy atom. The van der Waals surface area contributed by atoms with Gasteiger partial charge in [-0.2, -0.15) is 0 Å². The summed E-state index contributed by atoms with van der Waals surface area (Å²) in [7, 11) is -3.71. The van der Waals surface area contributed by atoms with Gasteiger partial charge in [-0.15, -0.1) is 0 Å². The molecule has 0 heterocycles. The number of benzene rings is 1. The first kappa shape index (κ1) is 16.0. The van der Waals surface area contributed by atoms with Crippen LogP contribution in [0, 0.1) is 13.8 Å². The maximum atomic E-state index is 12.6. The van der Waals surface area contributed by atoms with Crippen LogP contribution in [0.4, 0.5) is 0 Å². The van der Waals surface area contributed by atoms with Crippen molar-refractivity contribution in [1.82, 2.24) is 4.72 Å². The summed E-state index contributed by atoms with van der Waals surface area (Å²) in [5.41, 5.74) is 0.678. The van der Waals surface area contributed by atoms with Crippen molar-refractivity contribution in [1.29, 1.82) is 0 Å². The molecule has 1 aromatic carbocycles. The molecule has 0 spiro atoms. The minimum Gasteiger partial charge on any atom is -0.481 e. The van der Waals surface area contributed by atoms with E-state index in [1.807, 2.05) is 13.0 Å². The lowest BCUT2D eigenvalue weighted by Gasteiger charge is -2.28. The molecule has 1 fully saturated rings. The Bertz CT molecular complexity index is 646. The van der Waals surface area contributed by atoms with Crippen LogP contribution in [0.1, 0.15) is 43.2 Å². The zero-order valence-corrected chi connectivity index (χ0v) is 13.2. The van der Waals surface area contributed by atoms with E-state index in [-0.39, 0.29) is 11.3 Å². The first-order valence-electron chi connectivity index (χ1n) is 7.07. The molecule has 116 valence electrons. The average molecular weight is 311 g/mol. The summed E-state index contributed by atoms with van der Waals surface area (Å²) in [6, 6.07) is 5.25. The molecule has 0 aromatic heterocycles. The second-order valence-corrected chi connectivity index (χ2v) is 7.58. The summed E-state index contributed by atoms with van der Waals surface area (Å²) in [5, 5.41) is 9.07. The number of carboxylic acids is 1. The highest BCUT2D eigenvalue weighted by atomic mass is 32.2. The molecular formula is C15H21NO4S. The van der Waals surface area contributed by atoms with Crippen molar-refractivity contribution < 1.29 is 18.3 Å². The topological polar surface area (TPSA) is 83.5 Å². The SMILES string of the molecule is Cc1ccc(C)c(S(=O)(=O)NC2(CC(=O)O)CCCC2)c1. The lowest BCUT2D eigenvalue weighted by atomic mass is 9.95. The van der Waals surface area contributed by atoms with Gasteiger partial charge in [-0.3, -0.25) is 4.79 Å². The number of hydrogen-bond donors (Lipinski definition) is 2. The first-order chi connectivity index (χ1) is 9.74. The van der Waals surface area contributed by atoms with Crippen molar-refractivity contribution in [3.63, 3.8) is 0 Å². The van der Waals surface area contributed by atoms with E-state index >= 15 is 0 Å². The molecule has 6 heteroatoms. The molecule has 0 aliphatic heterocycles. The highest BCUT2D eigenvalue weighted by Gasteiger charge is 2.40. The van der Waals surface area contributed by atoms with Gasteiger partial charge >= 0.3 is 5.97 Å². The molecular weight excluding hydrogens is 290 g/mol. The Kier molecular flexibility index (Phi) is 4.39. The number of aliphatic carboxylic acids is 1. The molecule has 2 N–H and O–H groups in total. The van der Waals surface area contributed by atoms with E-state index in [0.29, 0.717) is 18.4 Å². The molecule has 21 heavy (non-hydrogen) atoms. The average Bonchev–Trinajstić information content (AvgIpc) is 2.78. The fourth-order valence-corrected chi connectivity index (χ4v) is 4.78. The van der Waals surface area contributed by atoms with Gasteiger partial charge < -0.3 is 5.11 Å². The van der Waals surface area contributed by atoms with Crippen LogP contribution in [0.2, 0.25) is 0 Å². The Hall–Kier alpha value is -1.40. The van der Waals surface area contributed by atoms with Crippen molar-refractivity contribution >= 4 is 16.0 Å². The maximum Gasteiger partial charge on any atom is 0.305 e. The van der Waals surface area contributed by atoms with Gasteiger partial charge in [0.2, 0.25) is 10.0 Å². The van der Waals surface area contributed by atoms with Crippen LogP contribution in [0.15, 0.2) is 23.1 Å². The molecule has 0 atom stereocenters. The van der Waals surface area contributed by atoms with Crippen LogP contribution in [-0.2, 0) is 14.8 Å². The zero-order valence-electron chi connectivity index (χ0n) is 12.3. The van der Waals surface area contributed by atoms with Gasteiger partial charge in [0.15, 0.2) is 0 Å². The van der Waals surface area contributed by atoms with E-state index in [1.54, 1.807) is 19.1 Å². The van der Waals surface area contributed by atoms with Gasteiger partial charge in [-0.25, -0.2) is 13.1 Å². The van der Waals surface area contributed by atoms with Gasteiger partial charge in [0.05, 0.1) is 11.3 Å². The number of carboxylic acid groups (broad SMARTS) is 1.